The molecule has 0 bridgehead atoms. The smallest absolute Gasteiger partial charge is 0.283 e. The van der Waals surface area contributed by atoms with E-state index in [0.29, 0.717) is 16.5 Å². The Bertz CT molecular complexity index is 370. The maximum absolute atomic E-state index is 10.6. The molecule has 82 valence electrons. The highest BCUT2D eigenvalue weighted by Crippen LogP contribution is 2.28. The van der Waals surface area contributed by atoms with Gasteiger partial charge < -0.3 is 10.8 Å². The molecule has 1 aromatic carbocycles. The molecule has 3 N–H and O–H groups in total. The lowest BCUT2D eigenvalue weighted by Gasteiger charge is -2.10. The highest BCUT2D eigenvalue weighted by Gasteiger charge is 2.15. The van der Waals surface area contributed by atoms with Crippen LogP contribution in [0.5, 0.6) is 0 Å². The summed E-state index contributed by atoms with van der Waals surface area (Å²) in [5.74, 6) is 0. The summed E-state index contributed by atoms with van der Waals surface area (Å²) in [5, 5.41) is 19.3. The number of aliphatic hydroxyl groups excluding tert-OH is 1. The van der Waals surface area contributed by atoms with Crippen molar-refractivity contribution in [3.8, 4) is 0 Å². The molecule has 6 heteroatoms. The van der Waals surface area contributed by atoms with Crippen molar-refractivity contribution >= 4 is 21.6 Å². The Morgan fingerprint density at radius 1 is 1.60 bits per heavy atom. The highest BCUT2D eigenvalue weighted by molar-refractivity contribution is 9.10. The van der Waals surface area contributed by atoms with Crippen molar-refractivity contribution in [3.63, 3.8) is 0 Å². The molecule has 1 unspecified atom stereocenters. The molecule has 1 rings (SSSR count). The summed E-state index contributed by atoms with van der Waals surface area (Å²) in [5.41, 5.74) is 6.37. The average Bonchev–Trinajstić information content (AvgIpc) is 2.18. The van der Waals surface area contributed by atoms with Crippen molar-refractivity contribution in [2.24, 2.45) is 5.73 Å². The molecule has 1 aromatic rings. The lowest BCUT2D eigenvalue weighted by Crippen LogP contribution is -2.12. The summed E-state index contributed by atoms with van der Waals surface area (Å²) in [4.78, 5) is 10.2. The van der Waals surface area contributed by atoms with Crippen molar-refractivity contribution < 1.29 is 10.0 Å². The lowest BCUT2D eigenvalue weighted by atomic mass is 10.0. The minimum atomic E-state index is -0.473. The fourth-order valence-corrected chi connectivity index (χ4v) is 1.60. The Labute approximate surface area is 95.2 Å². The van der Waals surface area contributed by atoms with E-state index in [1.54, 1.807) is 12.1 Å². The number of halogens is 1. The van der Waals surface area contributed by atoms with Gasteiger partial charge in [-0.05, 0) is 34.0 Å². The fraction of sp³-hybridized carbons (Fsp3) is 0.333. The molecule has 0 aliphatic carbocycles. The van der Waals surface area contributed by atoms with Crippen LogP contribution in [0.3, 0.4) is 0 Å². The summed E-state index contributed by atoms with van der Waals surface area (Å²) in [6.45, 7) is -0.0367. The normalized spacial score (nSPS) is 12.5. The van der Waals surface area contributed by atoms with E-state index in [-0.39, 0.29) is 18.3 Å². The van der Waals surface area contributed by atoms with E-state index in [4.69, 9.17) is 10.8 Å². The fourth-order valence-electron chi connectivity index (χ4n) is 1.21. The van der Waals surface area contributed by atoms with Crippen molar-refractivity contribution in [2.75, 3.05) is 6.61 Å². The van der Waals surface area contributed by atoms with Gasteiger partial charge in [-0.25, -0.2) is 0 Å². The Balaban J connectivity index is 3.02. The van der Waals surface area contributed by atoms with E-state index < -0.39 is 4.92 Å². The molecule has 1 atom stereocenters. The Kier molecular flexibility index (Phi) is 4.19. The van der Waals surface area contributed by atoms with Gasteiger partial charge in [0.05, 0.1) is 9.40 Å². The number of rotatable bonds is 4. The SMILES string of the molecule is NC(CCO)c1ccc(Br)c([N+](=O)[O-])c1. The van der Waals surface area contributed by atoms with Crippen LogP contribution in [0.1, 0.15) is 18.0 Å². The van der Waals surface area contributed by atoms with E-state index in [0.717, 1.165) is 0 Å². The quantitative estimate of drug-likeness (QED) is 0.647. The van der Waals surface area contributed by atoms with E-state index in [1.807, 2.05) is 0 Å². The third-order valence-electron chi connectivity index (χ3n) is 2.04. The maximum Gasteiger partial charge on any atom is 0.283 e. The van der Waals surface area contributed by atoms with Gasteiger partial charge >= 0.3 is 0 Å². The second kappa shape index (κ2) is 5.20. The third-order valence-corrected chi connectivity index (χ3v) is 2.71. The molecule has 0 amide bonds. The van der Waals surface area contributed by atoms with Gasteiger partial charge in [0, 0.05) is 18.7 Å². The number of nitro groups is 1. The summed E-state index contributed by atoms with van der Waals surface area (Å²) >= 11 is 3.09. The average molecular weight is 275 g/mol. The minimum Gasteiger partial charge on any atom is -0.396 e. The summed E-state index contributed by atoms with van der Waals surface area (Å²) in [6, 6.07) is 4.34. The molecule has 0 radical (unpaired) electrons. The monoisotopic (exact) mass is 274 g/mol. The Morgan fingerprint density at radius 3 is 2.80 bits per heavy atom. The first-order chi connectivity index (χ1) is 7.06. The highest BCUT2D eigenvalue weighted by atomic mass is 79.9. The van der Waals surface area contributed by atoms with Gasteiger partial charge in [-0.2, -0.15) is 0 Å². The molecular formula is C9H11BrN2O3. The maximum atomic E-state index is 10.6. The number of aliphatic hydroxyl groups is 1. The molecule has 5 nitrogen and oxygen atoms in total. The van der Waals surface area contributed by atoms with Crippen molar-refractivity contribution in [3.05, 3.63) is 38.3 Å². The number of hydrogen-bond donors (Lipinski definition) is 2. The largest absolute Gasteiger partial charge is 0.396 e. The summed E-state index contributed by atoms with van der Waals surface area (Å²) in [6.07, 6.45) is 0.388. The van der Waals surface area contributed by atoms with Gasteiger partial charge in [0.1, 0.15) is 0 Å². The number of hydrogen-bond acceptors (Lipinski definition) is 4. The van der Waals surface area contributed by atoms with Crippen LogP contribution in [0.4, 0.5) is 5.69 Å². The summed E-state index contributed by atoms with van der Waals surface area (Å²) < 4.78 is 0.424. The topological polar surface area (TPSA) is 89.4 Å². The molecule has 0 heterocycles. The van der Waals surface area contributed by atoms with Gasteiger partial charge in [0.25, 0.3) is 5.69 Å². The molecule has 0 saturated carbocycles. The molecule has 0 aliphatic rings. The first kappa shape index (κ1) is 12.1. The van der Waals surface area contributed by atoms with Crippen molar-refractivity contribution in [1.29, 1.82) is 0 Å². The van der Waals surface area contributed by atoms with E-state index in [1.165, 1.54) is 6.07 Å². The van der Waals surface area contributed by atoms with Crippen LogP contribution in [0.2, 0.25) is 0 Å². The van der Waals surface area contributed by atoms with Gasteiger partial charge in [-0.1, -0.05) is 6.07 Å². The van der Waals surface area contributed by atoms with Crippen molar-refractivity contribution in [2.45, 2.75) is 12.5 Å². The van der Waals surface area contributed by atoms with Crippen LogP contribution in [-0.4, -0.2) is 16.6 Å². The van der Waals surface area contributed by atoms with Gasteiger partial charge in [-0.15, -0.1) is 0 Å². The van der Waals surface area contributed by atoms with E-state index in [2.05, 4.69) is 15.9 Å². The summed E-state index contributed by atoms with van der Waals surface area (Å²) in [7, 11) is 0. The zero-order valence-electron chi connectivity index (χ0n) is 7.89. The first-order valence-electron chi connectivity index (χ1n) is 4.36. The molecule has 0 spiro atoms. The molecule has 0 aromatic heterocycles. The number of nitrogens with two attached hydrogens (primary N) is 1. The molecule has 0 aliphatic heterocycles. The van der Waals surface area contributed by atoms with Gasteiger partial charge in [-0.3, -0.25) is 10.1 Å². The predicted molar refractivity (Wildman–Crippen MR) is 59.4 cm³/mol. The molecule has 0 saturated heterocycles. The zero-order valence-corrected chi connectivity index (χ0v) is 9.48. The second-order valence-electron chi connectivity index (χ2n) is 3.09. The molecule has 15 heavy (non-hydrogen) atoms. The number of nitrogens with zero attached hydrogens (tertiary/aromatic N) is 1. The lowest BCUT2D eigenvalue weighted by molar-refractivity contribution is -0.385. The van der Waals surface area contributed by atoms with Crippen LogP contribution >= 0.6 is 15.9 Å². The standard InChI is InChI=1S/C9H11BrN2O3/c10-7-2-1-6(8(11)3-4-13)5-9(7)12(14)15/h1-2,5,8,13H,3-4,11H2. The molecular weight excluding hydrogens is 264 g/mol. The van der Waals surface area contributed by atoms with E-state index in [9.17, 15) is 10.1 Å². The zero-order chi connectivity index (χ0) is 11.4. The van der Waals surface area contributed by atoms with Crippen molar-refractivity contribution in [1.82, 2.24) is 0 Å². The molecule has 0 fully saturated rings. The number of nitro benzene ring substituents is 1. The van der Waals surface area contributed by atoms with Gasteiger partial charge in [0.2, 0.25) is 0 Å². The Hall–Kier alpha value is -0.980. The minimum absolute atomic E-state index is 0.0131. The van der Waals surface area contributed by atoms with Crippen LogP contribution < -0.4 is 5.73 Å². The van der Waals surface area contributed by atoms with Crippen LogP contribution in [0.25, 0.3) is 0 Å². The van der Waals surface area contributed by atoms with Gasteiger partial charge in [0.15, 0.2) is 0 Å². The van der Waals surface area contributed by atoms with Crippen LogP contribution in [0.15, 0.2) is 22.7 Å². The number of benzene rings is 1. The van der Waals surface area contributed by atoms with E-state index >= 15 is 0 Å². The van der Waals surface area contributed by atoms with Crippen LogP contribution in [-0.2, 0) is 0 Å². The predicted octanol–water partition coefficient (Wildman–Crippen LogP) is 1.74. The Morgan fingerprint density at radius 2 is 2.27 bits per heavy atom. The first-order valence-corrected chi connectivity index (χ1v) is 5.16. The third kappa shape index (κ3) is 2.98. The second-order valence-corrected chi connectivity index (χ2v) is 3.94. The van der Waals surface area contributed by atoms with Crippen LogP contribution in [0, 0.1) is 10.1 Å².